The number of hydrogen-bond donors (Lipinski definition) is 2. The van der Waals surface area contributed by atoms with E-state index < -0.39 is 11.8 Å². The van der Waals surface area contributed by atoms with E-state index in [4.69, 9.17) is 9.84 Å². The van der Waals surface area contributed by atoms with Gasteiger partial charge in [0.15, 0.2) is 0 Å². The molecule has 5 rings (SSSR count). The Morgan fingerprint density at radius 1 is 1.02 bits per heavy atom. The van der Waals surface area contributed by atoms with E-state index in [1.807, 2.05) is 66.3 Å². The minimum atomic E-state index is -0.446. The SMILES string of the molecule is CCCn1ncc2cc(Oc3ccc(F)cc3CNC(=O)Nc3cc(C(C)(C)C)nn3-c3ccc(C)cc3)ccc21. The third-order valence-corrected chi connectivity index (χ3v) is 6.74. The number of urea groups is 1. The molecule has 0 fully saturated rings. The summed E-state index contributed by atoms with van der Waals surface area (Å²) in [7, 11) is 0. The third kappa shape index (κ3) is 6.40. The lowest BCUT2D eigenvalue weighted by Crippen LogP contribution is -2.29. The molecular formula is C32H35FN6O2. The number of fused-ring (bicyclic) bond motifs is 1. The van der Waals surface area contributed by atoms with E-state index >= 15 is 0 Å². The minimum Gasteiger partial charge on any atom is -0.457 e. The van der Waals surface area contributed by atoms with Crippen molar-refractivity contribution >= 4 is 22.8 Å². The predicted molar refractivity (Wildman–Crippen MR) is 159 cm³/mol. The highest BCUT2D eigenvalue weighted by Gasteiger charge is 2.22. The van der Waals surface area contributed by atoms with Gasteiger partial charge in [0, 0.05) is 35.5 Å². The molecule has 2 heterocycles. The number of carbonyl (C=O) groups is 1. The third-order valence-electron chi connectivity index (χ3n) is 6.74. The Labute approximate surface area is 239 Å². The molecule has 2 N–H and O–H groups in total. The highest BCUT2D eigenvalue weighted by Crippen LogP contribution is 2.30. The molecule has 8 nitrogen and oxygen atoms in total. The second-order valence-electron chi connectivity index (χ2n) is 11.2. The van der Waals surface area contributed by atoms with Gasteiger partial charge in [0.1, 0.15) is 23.1 Å². The quantitative estimate of drug-likeness (QED) is 0.208. The maximum absolute atomic E-state index is 14.2. The van der Waals surface area contributed by atoms with Crippen molar-refractivity contribution in [2.45, 2.75) is 59.5 Å². The van der Waals surface area contributed by atoms with Crippen molar-refractivity contribution in [2.75, 3.05) is 5.32 Å². The lowest BCUT2D eigenvalue weighted by molar-refractivity contribution is 0.251. The van der Waals surface area contributed by atoms with Gasteiger partial charge in [-0.15, -0.1) is 0 Å². The number of carbonyl (C=O) groups excluding carboxylic acids is 1. The van der Waals surface area contributed by atoms with Crippen LogP contribution in [0.1, 0.15) is 50.9 Å². The number of aromatic nitrogens is 4. The van der Waals surface area contributed by atoms with Crippen LogP contribution in [0.15, 0.2) is 72.9 Å². The Kier molecular flexibility index (Phi) is 7.79. The van der Waals surface area contributed by atoms with E-state index in [9.17, 15) is 9.18 Å². The number of nitrogens with one attached hydrogen (secondary N) is 2. The zero-order valence-electron chi connectivity index (χ0n) is 24.0. The van der Waals surface area contributed by atoms with Crippen molar-refractivity contribution in [3.63, 3.8) is 0 Å². The Hall–Kier alpha value is -4.66. The molecule has 2 aromatic heterocycles. The molecule has 0 saturated carbocycles. The van der Waals surface area contributed by atoms with Crippen LogP contribution in [-0.2, 0) is 18.5 Å². The Morgan fingerprint density at radius 3 is 2.54 bits per heavy atom. The van der Waals surface area contributed by atoms with Gasteiger partial charge < -0.3 is 10.1 Å². The molecule has 0 saturated heterocycles. The smallest absolute Gasteiger partial charge is 0.320 e. The molecule has 0 unspecified atom stereocenters. The lowest BCUT2D eigenvalue weighted by atomic mass is 9.92. The fourth-order valence-corrected chi connectivity index (χ4v) is 4.49. The second-order valence-corrected chi connectivity index (χ2v) is 11.2. The summed E-state index contributed by atoms with van der Waals surface area (Å²) in [6.07, 6.45) is 2.79. The molecule has 212 valence electrons. The summed E-state index contributed by atoms with van der Waals surface area (Å²) < 4.78 is 24.0. The van der Waals surface area contributed by atoms with Gasteiger partial charge in [-0.1, -0.05) is 45.4 Å². The van der Waals surface area contributed by atoms with Gasteiger partial charge in [0.05, 0.1) is 23.1 Å². The first kappa shape index (κ1) is 27.9. The first-order chi connectivity index (χ1) is 19.6. The van der Waals surface area contributed by atoms with Gasteiger partial charge >= 0.3 is 6.03 Å². The monoisotopic (exact) mass is 554 g/mol. The van der Waals surface area contributed by atoms with Crippen LogP contribution >= 0.6 is 0 Å². The van der Waals surface area contributed by atoms with Gasteiger partial charge in [-0.2, -0.15) is 10.2 Å². The normalized spacial score (nSPS) is 11.6. The lowest BCUT2D eigenvalue weighted by Gasteiger charge is -2.14. The van der Waals surface area contributed by atoms with Gasteiger partial charge in [0.25, 0.3) is 0 Å². The van der Waals surface area contributed by atoms with Crippen molar-refractivity contribution in [3.8, 4) is 17.2 Å². The summed E-state index contributed by atoms with van der Waals surface area (Å²) in [6, 6.07) is 19.3. The van der Waals surface area contributed by atoms with Gasteiger partial charge in [-0.05, 0) is 61.9 Å². The molecule has 0 aliphatic heterocycles. The van der Waals surface area contributed by atoms with Crippen LogP contribution in [0.4, 0.5) is 15.0 Å². The largest absolute Gasteiger partial charge is 0.457 e. The molecule has 0 aliphatic carbocycles. The van der Waals surface area contributed by atoms with Gasteiger partial charge in [-0.3, -0.25) is 10.00 Å². The Bertz CT molecular complexity index is 1680. The number of ether oxygens (including phenoxy) is 1. The molecule has 0 bridgehead atoms. The van der Waals surface area contributed by atoms with Gasteiger partial charge in [-0.25, -0.2) is 13.9 Å². The van der Waals surface area contributed by atoms with Crippen LogP contribution in [-0.4, -0.2) is 25.6 Å². The van der Waals surface area contributed by atoms with E-state index in [0.717, 1.165) is 40.8 Å². The topological polar surface area (TPSA) is 86.0 Å². The molecule has 2 amide bonds. The van der Waals surface area contributed by atoms with Crippen LogP contribution in [0, 0.1) is 12.7 Å². The fraction of sp³-hybridized carbons (Fsp3) is 0.281. The van der Waals surface area contributed by atoms with E-state index in [1.165, 1.54) is 12.1 Å². The summed E-state index contributed by atoms with van der Waals surface area (Å²) in [5.74, 6) is 1.16. The maximum atomic E-state index is 14.2. The number of aryl methyl sites for hydroxylation is 2. The van der Waals surface area contributed by atoms with Crippen LogP contribution in [0.3, 0.4) is 0 Å². The average Bonchev–Trinajstić information content (AvgIpc) is 3.54. The summed E-state index contributed by atoms with van der Waals surface area (Å²) in [4.78, 5) is 13.0. The molecule has 41 heavy (non-hydrogen) atoms. The fourth-order valence-electron chi connectivity index (χ4n) is 4.49. The summed E-state index contributed by atoms with van der Waals surface area (Å²) in [5, 5.41) is 15.9. The first-order valence-corrected chi connectivity index (χ1v) is 13.7. The van der Waals surface area contributed by atoms with E-state index in [2.05, 4.69) is 43.4 Å². The zero-order valence-corrected chi connectivity index (χ0v) is 24.0. The first-order valence-electron chi connectivity index (χ1n) is 13.7. The highest BCUT2D eigenvalue weighted by molar-refractivity contribution is 5.88. The molecule has 0 spiro atoms. The molecule has 5 aromatic rings. The number of amides is 2. The Balaban J connectivity index is 1.32. The second kappa shape index (κ2) is 11.4. The Morgan fingerprint density at radius 2 is 1.80 bits per heavy atom. The number of hydrogen-bond acceptors (Lipinski definition) is 4. The zero-order chi connectivity index (χ0) is 29.1. The number of benzene rings is 3. The van der Waals surface area contributed by atoms with Crippen molar-refractivity contribution in [3.05, 3.63) is 95.6 Å². The van der Waals surface area contributed by atoms with Crippen LogP contribution < -0.4 is 15.4 Å². The van der Waals surface area contributed by atoms with Crippen LogP contribution in [0.5, 0.6) is 11.5 Å². The number of halogens is 1. The summed E-state index contributed by atoms with van der Waals surface area (Å²) >= 11 is 0. The number of rotatable bonds is 8. The maximum Gasteiger partial charge on any atom is 0.320 e. The molecular weight excluding hydrogens is 519 g/mol. The van der Waals surface area contributed by atoms with Crippen LogP contribution in [0.25, 0.3) is 16.6 Å². The van der Waals surface area contributed by atoms with E-state index in [0.29, 0.717) is 22.9 Å². The van der Waals surface area contributed by atoms with Crippen molar-refractivity contribution in [2.24, 2.45) is 0 Å². The van der Waals surface area contributed by atoms with Gasteiger partial charge in [0.2, 0.25) is 0 Å². The highest BCUT2D eigenvalue weighted by atomic mass is 19.1. The van der Waals surface area contributed by atoms with E-state index in [-0.39, 0.29) is 12.0 Å². The molecule has 0 radical (unpaired) electrons. The summed E-state index contributed by atoms with van der Waals surface area (Å²) in [5.41, 5.74) is 4.12. The number of nitrogens with zero attached hydrogens (tertiary/aromatic N) is 4. The standard InChI is InChI=1S/C32H35FN6O2/c1-6-15-38-27-13-12-26(17-22(27)20-35-38)41-28-14-9-24(33)16-23(28)19-34-31(40)36-30-18-29(32(3,4)5)37-39(30)25-10-7-21(2)8-11-25/h7-14,16-18,20H,6,15,19H2,1-5H3,(H2,34,36,40). The minimum absolute atomic E-state index is 0.0560. The average molecular weight is 555 g/mol. The molecule has 0 atom stereocenters. The molecule has 9 heteroatoms. The van der Waals surface area contributed by atoms with Crippen molar-refractivity contribution in [1.82, 2.24) is 24.9 Å². The van der Waals surface area contributed by atoms with E-state index in [1.54, 1.807) is 10.7 Å². The number of anilines is 1. The molecule has 3 aromatic carbocycles. The predicted octanol–water partition coefficient (Wildman–Crippen LogP) is 7.49. The van der Waals surface area contributed by atoms with Crippen molar-refractivity contribution < 1.29 is 13.9 Å². The van der Waals surface area contributed by atoms with Crippen molar-refractivity contribution in [1.29, 1.82) is 0 Å². The van der Waals surface area contributed by atoms with Crippen LogP contribution in [0.2, 0.25) is 0 Å². The summed E-state index contributed by atoms with van der Waals surface area (Å²) in [6.45, 7) is 11.2. The molecule has 0 aliphatic rings.